The molecule has 10 heteroatoms. The van der Waals surface area contributed by atoms with Crippen LogP contribution in [0.25, 0.3) is 0 Å². The normalized spacial score (nSPS) is 15.2. The van der Waals surface area contributed by atoms with Crippen LogP contribution in [0.2, 0.25) is 0 Å². The summed E-state index contributed by atoms with van der Waals surface area (Å²) < 4.78 is 46.0. The molecule has 1 saturated carbocycles. The van der Waals surface area contributed by atoms with Gasteiger partial charge in [-0.2, -0.15) is 13.2 Å². The fourth-order valence-electron chi connectivity index (χ4n) is 2.97. The summed E-state index contributed by atoms with van der Waals surface area (Å²) in [5.41, 5.74) is -0.717. The van der Waals surface area contributed by atoms with Crippen LogP contribution in [-0.2, 0) is 17.5 Å². The molecule has 1 aliphatic carbocycles. The summed E-state index contributed by atoms with van der Waals surface area (Å²) in [4.78, 5) is 12.6. The summed E-state index contributed by atoms with van der Waals surface area (Å²) in [5.74, 6) is 1.55. The average Bonchev–Trinajstić information content (AvgIpc) is 3.27. The van der Waals surface area contributed by atoms with Crippen molar-refractivity contribution >= 4 is 23.4 Å². The van der Waals surface area contributed by atoms with Gasteiger partial charge in [-0.1, -0.05) is 17.8 Å². The predicted molar refractivity (Wildman–Crippen MR) is 105 cm³/mol. The van der Waals surface area contributed by atoms with E-state index in [-0.39, 0.29) is 5.69 Å². The van der Waals surface area contributed by atoms with Gasteiger partial charge in [-0.15, -0.1) is 10.2 Å². The third-order valence-electron chi connectivity index (χ3n) is 4.69. The lowest BCUT2D eigenvalue weighted by Gasteiger charge is -2.14. The first-order chi connectivity index (χ1) is 14.3. The Labute approximate surface area is 174 Å². The molecule has 1 N–H and O–H groups in total. The number of anilines is 1. The number of hydrogen-bond acceptors (Lipinski definition) is 5. The molecule has 1 aromatic carbocycles. The maximum absolute atomic E-state index is 12.9. The highest BCUT2D eigenvalue weighted by Gasteiger charge is 2.32. The quantitative estimate of drug-likeness (QED) is 0.532. The van der Waals surface area contributed by atoms with Crippen LogP contribution in [0.5, 0.6) is 0 Å². The standard InChI is InChI=1S/C20H19F3N4O2S/c1-12(18(28)24-15-5-2-4-14(10-15)20(21,22)23)30-19-26-25-17(13-7-8-13)27(19)11-16-6-3-9-29-16/h2-6,9-10,12-13H,7-8,11H2,1H3,(H,24,28). The van der Waals surface area contributed by atoms with E-state index in [1.807, 2.05) is 10.6 Å². The summed E-state index contributed by atoms with van der Waals surface area (Å²) in [5, 5.41) is 11.1. The molecule has 158 valence electrons. The Kier molecular flexibility index (Phi) is 5.59. The number of halogens is 3. The summed E-state index contributed by atoms with van der Waals surface area (Å²) in [6.07, 6.45) is -0.782. The first kappa shape index (κ1) is 20.5. The second-order valence-corrected chi connectivity index (χ2v) is 8.42. The van der Waals surface area contributed by atoms with E-state index in [4.69, 9.17) is 4.42 Å². The zero-order chi connectivity index (χ0) is 21.3. The number of furan rings is 1. The monoisotopic (exact) mass is 436 g/mol. The van der Waals surface area contributed by atoms with Gasteiger partial charge in [0.15, 0.2) is 5.16 Å². The molecule has 4 rings (SSSR count). The van der Waals surface area contributed by atoms with Gasteiger partial charge >= 0.3 is 6.18 Å². The number of carbonyl (C=O) groups is 1. The summed E-state index contributed by atoms with van der Waals surface area (Å²) >= 11 is 1.21. The van der Waals surface area contributed by atoms with Gasteiger partial charge in [-0.05, 0) is 50.1 Å². The second kappa shape index (κ2) is 8.17. The smallest absolute Gasteiger partial charge is 0.416 e. The van der Waals surface area contributed by atoms with Gasteiger partial charge in [0.2, 0.25) is 5.91 Å². The van der Waals surface area contributed by atoms with Gasteiger partial charge in [0.1, 0.15) is 11.6 Å². The first-order valence-electron chi connectivity index (χ1n) is 9.41. The van der Waals surface area contributed by atoms with Crippen molar-refractivity contribution in [2.75, 3.05) is 5.32 Å². The fourth-order valence-corrected chi connectivity index (χ4v) is 3.82. The van der Waals surface area contributed by atoms with Crippen molar-refractivity contribution in [1.82, 2.24) is 14.8 Å². The van der Waals surface area contributed by atoms with E-state index in [2.05, 4.69) is 15.5 Å². The highest BCUT2D eigenvalue weighted by atomic mass is 32.2. The number of nitrogens with zero attached hydrogens (tertiary/aromatic N) is 3. The number of benzene rings is 1. The van der Waals surface area contributed by atoms with E-state index in [1.165, 1.54) is 23.9 Å². The summed E-state index contributed by atoms with van der Waals surface area (Å²) in [6.45, 7) is 2.13. The number of rotatable bonds is 7. The second-order valence-electron chi connectivity index (χ2n) is 7.11. The Morgan fingerprint density at radius 2 is 2.10 bits per heavy atom. The van der Waals surface area contributed by atoms with E-state index >= 15 is 0 Å². The Morgan fingerprint density at radius 1 is 1.30 bits per heavy atom. The highest BCUT2D eigenvalue weighted by Crippen LogP contribution is 2.40. The van der Waals surface area contributed by atoms with Gasteiger partial charge in [0.05, 0.1) is 23.6 Å². The molecule has 0 aliphatic heterocycles. The summed E-state index contributed by atoms with van der Waals surface area (Å²) in [7, 11) is 0. The minimum atomic E-state index is -4.47. The van der Waals surface area contributed by atoms with Gasteiger partial charge in [-0.25, -0.2) is 0 Å². The van der Waals surface area contributed by atoms with Crippen LogP contribution < -0.4 is 5.32 Å². The Hall–Kier alpha value is -2.75. The average molecular weight is 436 g/mol. The number of carbonyl (C=O) groups excluding carboxylic acids is 1. The number of amides is 1. The molecule has 0 bridgehead atoms. The molecular formula is C20H19F3N4O2S. The largest absolute Gasteiger partial charge is 0.467 e. The lowest BCUT2D eigenvalue weighted by Crippen LogP contribution is -2.23. The minimum absolute atomic E-state index is 0.0954. The molecule has 0 spiro atoms. The van der Waals surface area contributed by atoms with E-state index in [1.54, 1.807) is 19.3 Å². The molecule has 1 aliphatic rings. The molecule has 0 saturated heterocycles. The predicted octanol–water partition coefficient (Wildman–Crippen LogP) is 4.93. The van der Waals surface area contributed by atoms with Crippen molar-refractivity contribution in [2.45, 2.75) is 48.8 Å². The van der Waals surface area contributed by atoms with E-state index in [9.17, 15) is 18.0 Å². The number of alkyl halides is 3. The first-order valence-corrected chi connectivity index (χ1v) is 10.3. The van der Waals surface area contributed by atoms with Crippen LogP contribution in [0.3, 0.4) is 0 Å². The lowest BCUT2D eigenvalue weighted by molar-refractivity contribution is -0.137. The fraction of sp³-hybridized carbons (Fsp3) is 0.350. The van der Waals surface area contributed by atoms with E-state index in [0.717, 1.165) is 36.6 Å². The maximum atomic E-state index is 12.9. The molecule has 1 atom stereocenters. The van der Waals surface area contributed by atoms with Crippen LogP contribution >= 0.6 is 11.8 Å². The minimum Gasteiger partial charge on any atom is -0.467 e. The zero-order valence-electron chi connectivity index (χ0n) is 16.0. The maximum Gasteiger partial charge on any atom is 0.416 e. The third-order valence-corrected chi connectivity index (χ3v) is 5.77. The van der Waals surface area contributed by atoms with Crippen molar-refractivity contribution in [2.24, 2.45) is 0 Å². The number of aromatic nitrogens is 3. The number of thioether (sulfide) groups is 1. The molecule has 30 heavy (non-hydrogen) atoms. The lowest BCUT2D eigenvalue weighted by atomic mass is 10.2. The van der Waals surface area contributed by atoms with Gasteiger partial charge in [0, 0.05) is 11.6 Å². The summed E-state index contributed by atoms with van der Waals surface area (Å²) in [6, 6.07) is 8.22. The van der Waals surface area contributed by atoms with Crippen LogP contribution in [-0.4, -0.2) is 25.9 Å². The molecule has 0 radical (unpaired) electrons. The van der Waals surface area contributed by atoms with Gasteiger partial charge < -0.3 is 9.73 Å². The molecule has 1 fully saturated rings. The van der Waals surface area contributed by atoms with Crippen molar-refractivity contribution in [3.8, 4) is 0 Å². The van der Waals surface area contributed by atoms with Gasteiger partial charge in [0.25, 0.3) is 0 Å². The van der Waals surface area contributed by atoms with Crippen LogP contribution in [0.15, 0.2) is 52.2 Å². The molecule has 1 unspecified atom stereocenters. The van der Waals surface area contributed by atoms with Crippen LogP contribution in [0, 0.1) is 0 Å². The van der Waals surface area contributed by atoms with Crippen molar-refractivity contribution in [3.05, 3.63) is 59.8 Å². The molecule has 3 aromatic rings. The molecule has 1 amide bonds. The number of nitrogens with one attached hydrogen (secondary N) is 1. The Balaban J connectivity index is 1.47. The SMILES string of the molecule is CC(Sc1nnc(C2CC2)n1Cc1ccco1)C(=O)Nc1cccc(C(F)(F)F)c1. The van der Waals surface area contributed by atoms with E-state index in [0.29, 0.717) is 17.6 Å². The molecule has 2 aromatic heterocycles. The molecule has 6 nitrogen and oxygen atoms in total. The molecular weight excluding hydrogens is 417 g/mol. The highest BCUT2D eigenvalue weighted by molar-refractivity contribution is 8.00. The van der Waals surface area contributed by atoms with Gasteiger partial charge in [-0.3, -0.25) is 9.36 Å². The van der Waals surface area contributed by atoms with Crippen molar-refractivity contribution < 1.29 is 22.4 Å². The number of hydrogen-bond donors (Lipinski definition) is 1. The zero-order valence-corrected chi connectivity index (χ0v) is 16.8. The van der Waals surface area contributed by atoms with E-state index < -0.39 is 22.9 Å². The van der Waals surface area contributed by atoms with Crippen LogP contribution in [0.1, 0.15) is 42.8 Å². The van der Waals surface area contributed by atoms with Crippen molar-refractivity contribution in [1.29, 1.82) is 0 Å². The topological polar surface area (TPSA) is 73.0 Å². The van der Waals surface area contributed by atoms with Crippen LogP contribution in [0.4, 0.5) is 18.9 Å². The Bertz CT molecular complexity index is 1030. The van der Waals surface area contributed by atoms with Crippen molar-refractivity contribution in [3.63, 3.8) is 0 Å². The third kappa shape index (κ3) is 4.69. The Morgan fingerprint density at radius 3 is 2.77 bits per heavy atom. The molecule has 2 heterocycles.